The molecule has 1 aromatic carbocycles. The van der Waals surface area contributed by atoms with Crippen LogP contribution in [0.3, 0.4) is 0 Å². The van der Waals surface area contributed by atoms with Crippen LogP contribution in [0.25, 0.3) is 11.5 Å². The third-order valence-electron chi connectivity index (χ3n) is 4.60. The Bertz CT molecular complexity index is 1170. The van der Waals surface area contributed by atoms with E-state index in [4.69, 9.17) is 27.6 Å². The molecule has 0 atom stereocenters. The quantitative estimate of drug-likeness (QED) is 0.567. The summed E-state index contributed by atoms with van der Waals surface area (Å²) in [6, 6.07) is 7.21. The first kappa shape index (κ1) is 21.3. The summed E-state index contributed by atoms with van der Waals surface area (Å²) in [6.07, 6.45) is 2.75. The van der Waals surface area contributed by atoms with Crippen LogP contribution in [-0.2, 0) is 10.0 Å². The molecule has 0 saturated carbocycles. The molecule has 30 heavy (non-hydrogen) atoms. The van der Waals surface area contributed by atoms with Crippen LogP contribution in [0.15, 0.2) is 39.6 Å². The summed E-state index contributed by atoms with van der Waals surface area (Å²) < 4.78 is 33.2. The second kappa shape index (κ2) is 8.64. The van der Waals surface area contributed by atoms with Crippen molar-refractivity contribution >= 4 is 56.5 Å². The number of sulfonamides is 1. The third kappa shape index (κ3) is 4.37. The number of anilines is 1. The van der Waals surface area contributed by atoms with Gasteiger partial charge in [-0.3, -0.25) is 10.1 Å². The van der Waals surface area contributed by atoms with Crippen LogP contribution in [0.1, 0.15) is 29.6 Å². The Morgan fingerprint density at radius 1 is 1.10 bits per heavy atom. The second-order valence-corrected chi connectivity index (χ2v) is 10.8. The van der Waals surface area contributed by atoms with Crippen molar-refractivity contribution in [2.24, 2.45) is 0 Å². The first-order valence-corrected chi connectivity index (χ1v) is 12.1. The van der Waals surface area contributed by atoms with E-state index >= 15 is 0 Å². The predicted molar refractivity (Wildman–Crippen MR) is 115 cm³/mol. The number of thiophene rings is 1. The van der Waals surface area contributed by atoms with E-state index in [1.165, 1.54) is 28.6 Å². The third-order valence-corrected chi connectivity index (χ3v) is 8.00. The molecule has 2 aromatic heterocycles. The van der Waals surface area contributed by atoms with E-state index in [1.54, 1.807) is 6.07 Å². The SMILES string of the molecule is O=C(Nc1nnc(-c2cc(Cl)sc2Cl)o1)c1ccc(S(=O)(=O)N2CCCCC2)cc1. The van der Waals surface area contributed by atoms with Crippen LogP contribution < -0.4 is 5.32 Å². The monoisotopic (exact) mass is 486 g/mol. The molecule has 0 unspecified atom stereocenters. The fraction of sp³-hybridized carbons (Fsp3) is 0.278. The molecule has 4 rings (SSSR count). The van der Waals surface area contributed by atoms with Crippen molar-refractivity contribution in [2.45, 2.75) is 24.2 Å². The molecule has 8 nitrogen and oxygen atoms in total. The van der Waals surface area contributed by atoms with Gasteiger partial charge in [0.25, 0.3) is 11.8 Å². The smallest absolute Gasteiger partial charge is 0.322 e. The fourth-order valence-corrected chi connectivity index (χ4v) is 6.04. The van der Waals surface area contributed by atoms with Gasteiger partial charge in [0.1, 0.15) is 4.34 Å². The Morgan fingerprint density at radius 3 is 2.43 bits per heavy atom. The number of carbonyl (C=O) groups excluding carboxylic acids is 1. The van der Waals surface area contributed by atoms with E-state index < -0.39 is 15.9 Å². The average Bonchev–Trinajstić information content (AvgIpc) is 3.34. The highest BCUT2D eigenvalue weighted by atomic mass is 35.5. The molecule has 1 fully saturated rings. The number of rotatable bonds is 5. The second-order valence-electron chi connectivity index (χ2n) is 6.59. The van der Waals surface area contributed by atoms with E-state index in [0.717, 1.165) is 30.6 Å². The van der Waals surface area contributed by atoms with E-state index in [9.17, 15) is 13.2 Å². The molecule has 0 radical (unpaired) electrons. The van der Waals surface area contributed by atoms with Gasteiger partial charge in [-0.25, -0.2) is 8.42 Å². The summed E-state index contributed by atoms with van der Waals surface area (Å²) >= 11 is 13.1. The first-order valence-electron chi connectivity index (χ1n) is 9.05. The van der Waals surface area contributed by atoms with Gasteiger partial charge in [0.15, 0.2) is 0 Å². The molecule has 0 aliphatic carbocycles. The number of hydrogen-bond donors (Lipinski definition) is 1. The Labute approximate surface area is 186 Å². The van der Waals surface area contributed by atoms with Crippen LogP contribution in [0.2, 0.25) is 8.67 Å². The number of benzene rings is 1. The van der Waals surface area contributed by atoms with Gasteiger partial charge in [0.2, 0.25) is 10.0 Å². The Hall–Kier alpha value is -1.98. The van der Waals surface area contributed by atoms with Gasteiger partial charge < -0.3 is 4.42 Å². The zero-order chi connectivity index (χ0) is 21.3. The van der Waals surface area contributed by atoms with Crippen molar-refractivity contribution < 1.29 is 17.6 Å². The van der Waals surface area contributed by atoms with Crippen LogP contribution >= 0.6 is 34.5 Å². The van der Waals surface area contributed by atoms with Crippen LogP contribution in [-0.4, -0.2) is 41.9 Å². The summed E-state index contributed by atoms with van der Waals surface area (Å²) in [7, 11) is -3.55. The fourth-order valence-electron chi connectivity index (χ4n) is 3.07. The number of amides is 1. The minimum atomic E-state index is -3.55. The van der Waals surface area contributed by atoms with Gasteiger partial charge in [0, 0.05) is 18.7 Å². The summed E-state index contributed by atoms with van der Waals surface area (Å²) in [5, 5.41) is 10.1. The van der Waals surface area contributed by atoms with Gasteiger partial charge in [-0.15, -0.1) is 16.4 Å². The first-order chi connectivity index (χ1) is 14.3. The van der Waals surface area contributed by atoms with E-state index in [-0.39, 0.29) is 22.4 Å². The van der Waals surface area contributed by atoms with Crippen LogP contribution in [0, 0.1) is 0 Å². The summed E-state index contributed by atoms with van der Waals surface area (Å²) in [5.74, 6) is -0.386. The normalized spacial score (nSPS) is 15.3. The van der Waals surface area contributed by atoms with E-state index in [0.29, 0.717) is 27.3 Å². The van der Waals surface area contributed by atoms with Crippen molar-refractivity contribution in [3.63, 3.8) is 0 Å². The highest BCUT2D eigenvalue weighted by Gasteiger charge is 2.26. The lowest BCUT2D eigenvalue weighted by atomic mass is 10.2. The number of nitrogens with one attached hydrogen (secondary N) is 1. The summed E-state index contributed by atoms with van der Waals surface area (Å²) in [4.78, 5) is 12.6. The van der Waals surface area contributed by atoms with Crippen LogP contribution in [0.4, 0.5) is 6.01 Å². The maximum absolute atomic E-state index is 12.7. The molecular formula is C18H16Cl2N4O4S2. The van der Waals surface area contributed by atoms with Crippen LogP contribution in [0.5, 0.6) is 0 Å². The Balaban J connectivity index is 1.46. The molecule has 3 heterocycles. The molecule has 3 aromatic rings. The Kier molecular flexibility index (Phi) is 6.12. The lowest BCUT2D eigenvalue weighted by Crippen LogP contribution is -2.35. The molecule has 1 aliphatic rings. The number of nitrogens with zero attached hydrogens (tertiary/aromatic N) is 3. The van der Waals surface area contributed by atoms with Gasteiger partial charge in [-0.05, 0) is 43.2 Å². The van der Waals surface area contributed by atoms with E-state index in [1.807, 2.05) is 0 Å². The highest BCUT2D eigenvalue weighted by molar-refractivity contribution is 7.89. The maximum Gasteiger partial charge on any atom is 0.322 e. The predicted octanol–water partition coefficient (Wildman–Crippen LogP) is 4.53. The van der Waals surface area contributed by atoms with Gasteiger partial charge in [-0.2, -0.15) is 4.31 Å². The van der Waals surface area contributed by atoms with Gasteiger partial charge in [-0.1, -0.05) is 34.7 Å². The number of halogens is 2. The molecule has 1 amide bonds. The minimum Gasteiger partial charge on any atom is -0.403 e. The van der Waals surface area contributed by atoms with Crippen molar-refractivity contribution in [3.05, 3.63) is 44.6 Å². The van der Waals surface area contributed by atoms with Crippen molar-refractivity contribution in [2.75, 3.05) is 18.4 Å². The maximum atomic E-state index is 12.7. The zero-order valence-electron chi connectivity index (χ0n) is 15.5. The molecular weight excluding hydrogens is 471 g/mol. The molecule has 1 saturated heterocycles. The van der Waals surface area contributed by atoms with Crippen molar-refractivity contribution in [3.8, 4) is 11.5 Å². The standard InChI is InChI=1S/C18H16Cl2N4O4S2/c19-14-10-13(15(20)29-14)17-22-23-18(28-17)21-16(25)11-4-6-12(7-5-11)30(26,27)24-8-2-1-3-9-24/h4-7,10H,1-3,8-9H2,(H,21,23,25). The summed E-state index contributed by atoms with van der Waals surface area (Å²) in [6.45, 7) is 1.03. The largest absolute Gasteiger partial charge is 0.403 e. The molecule has 1 N–H and O–H groups in total. The molecule has 0 bridgehead atoms. The lowest BCUT2D eigenvalue weighted by molar-refractivity contribution is 0.102. The van der Waals surface area contributed by atoms with Gasteiger partial charge >= 0.3 is 6.01 Å². The average molecular weight is 487 g/mol. The zero-order valence-corrected chi connectivity index (χ0v) is 18.6. The summed E-state index contributed by atoms with van der Waals surface area (Å²) in [5.41, 5.74) is 0.732. The molecule has 0 spiro atoms. The van der Waals surface area contributed by atoms with E-state index in [2.05, 4.69) is 15.5 Å². The molecule has 1 aliphatic heterocycles. The highest BCUT2D eigenvalue weighted by Crippen LogP contribution is 2.37. The number of carbonyl (C=O) groups is 1. The minimum absolute atomic E-state index is 0.113. The Morgan fingerprint density at radius 2 is 1.80 bits per heavy atom. The van der Waals surface area contributed by atoms with Crippen molar-refractivity contribution in [1.29, 1.82) is 0 Å². The lowest BCUT2D eigenvalue weighted by Gasteiger charge is -2.25. The number of aromatic nitrogens is 2. The topological polar surface area (TPSA) is 105 Å². The van der Waals surface area contributed by atoms with Crippen molar-refractivity contribution in [1.82, 2.24) is 14.5 Å². The van der Waals surface area contributed by atoms with Gasteiger partial charge in [0.05, 0.1) is 14.8 Å². The number of hydrogen-bond acceptors (Lipinski definition) is 7. The molecule has 158 valence electrons. The molecule has 12 heteroatoms. The number of piperidine rings is 1.